The van der Waals surface area contributed by atoms with Gasteiger partial charge in [0.05, 0.1) is 0 Å². The quantitative estimate of drug-likeness (QED) is 0.463. The zero-order valence-electron chi connectivity index (χ0n) is 17.9. The SMILES string of the molecule is CN1C(=O)[C@](NC(=O)OC(C)(C)C)(c2cn(C)c3ccc(Br)cc23)c2cc(Br)ccc21. The average Bonchev–Trinajstić information content (AvgIpc) is 3.08. The van der Waals surface area contributed by atoms with Gasteiger partial charge in [-0.3, -0.25) is 10.1 Å². The fraction of sp³-hybridized carbons (Fsp3) is 0.304. The molecule has 3 aromatic rings. The molecule has 1 aliphatic rings. The van der Waals surface area contributed by atoms with Crippen LogP contribution in [0, 0.1) is 0 Å². The van der Waals surface area contributed by atoms with Crippen molar-refractivity contribution in [1.82, 2.24) is 9.88 Å². The number of ether oxygens (including phenoxy) is 1. The third-order valence-electron chi connectivity index (χ3n) is 5.39. The van der Waals surface area contributed by atoms with Crippen LogP contribution in [0.4, 0.5) is 10.5 Å². The highest BCUT2D eigenvalue weighted by molar-refractivity contribution is 9.10. The lowest BCUT2D eigenvalue weighted by Gasteiger charge is -2.31. The van der Waals surface area contributed by atoms with E-state index in [-0.39, 0.29) is 5.91 Å². The maximum absolute atomic E-state index is 13.9. The molecule has 0 spiro atoms. The summed E-state index contributed by atoms with van der Waals surface area (Å²) in [6.45, 7) is 5.38. The van der Waals surface area contributed by atoms with E-state index in [1.54, 1.807) is 32.7 Å². The summed E-state index contributed by atoms with van der Waals surface area (Å²) in [5.41, 5.74) is 0.911. The molecule has 1 aromatic heterocycles. The largest absolute Gasteiger partial charge is 0.444 e. The lowest BCUT2D eigenvalue weighted by molar-refractivity contribution is -0.122. The van der Waals surface area contributed by atoms with E-state index in [9.17, 15) is 9.59 Å². The molecule has 0 aliphatic carbocycles. The highest BCUT2D eigenvalue weighted by atomic mass is 79.9. The van der Waals surface area contributed by atoms with Crippen LogP contribution in [0.3, 0.4) is 0 Å². The van der Waals surface area contributed by atoms with Gasteiger partial charge in [0.2, 0.25) is 0 Å². The number of anilines is 1. The zero-order valence-corrected chi connectivity index (χ0v) is 21.1. The average molecular weight is 549 g/mol. The molecule has 8 heteroatoms. The minimum Gasteiger partial charge on any atom is -0.444 e. The first kappa shape index (κ1) is 21.9. The van der Waals surface area contributed by atoms with Crippen LogP contribution in [0.15, 0.2) is 51.5 Å². The number of aryl methyl sites for hydroxylation is 1. The highest BCUT2D eigenvalue weighted by Gasteiger charge is 2.54. The molecule has 162 valence electrons. The van der Waals surface area contributed by atoms with Crippen molar-refractivity contribution in [2.45, 2.75) is 31.9 Å². The molecule has 6 nitrogen and oxygen atoms in total. The molecule has 1 atom stereocenters. The number of nitrogens with zero attached hydrogens (tertiary/aromatic N) is 2. The number of carbonyl (C=O) groups is 2. The number of hydrogen-bond donors (Lipinski definition) is 1. The molecule has 1 N–H and O–H groups in total. The maximum atomic E-state index is 13.9. The fourth-order valence-electron chi connectivity index (χ4n) is 4.15. The first-order valence-corrected chi connectivity index (χ1v) is 11.4. The van der Waals surface area contributed by atoms with Gasteiger partial charge >= 0.3 is 6.09 Å². The topological polar surface area (TPSA) is 63.6 Å². The van der Waals surface area contributed by atoms with E-state index in [1.165, 1.54) is 0 Å². The number of alkyl carbamates (subject to hydrolysis) is 1. The molecule has 2 amide bonds. The predicted octanol–water partition coefficient (Wildman–Crippen LogP) is 5.45. The number of likely N-dealkylation sites (N-methyl/N-ethyl adjacent to an activating group) is 1. The van der Waals surface area contributed by atoms with Crippen molar-refractivity contribution >= 4 is 60.5 Å². The van der Waals surface area contributed by atoms with Crippen LogP contribution in [0.2, 0.25) is 0 Å². The number of rotatable bonds is 2. The second-order valence-electron chi connectivity index (χ2n) is 8.72. The Kier molecular flexibility index (Phi) is 5.21. The van der Waals surface area contributed by atoms with E-state index in [4.69, 9.17) is 4.74 Å². The number of hydrogen-bond acceptors (Lipinski definition) is 3. The van der Waals surface area contributed by atoms with Crippen molar-refractivity contribution in [2.24, 2.45) is 7.05 Å². The lowest BCUT2D eigenvalue weighted by Crippen LogP contribution is -2.54. The Morgan fingerprint density at radius 2 is 1.68 bits per heavy atom. The summed E-state index contributed by atoms with van der Waals surface area (Å²) >= 11 is 7.06. The van der Waals surface area contributed by atoms with Crippen LogP contribution in [0.5, 0.6) is 0 Å². The Morgan fingerprint density at radius 3 is 2.35 bits per heavy atom. The second kappa shape index (κ2) is 7.38. The Bertz CT molecular complexity index is 1230. The first-order valence-electron chi connectivity index (χ1n) is 9.78. The molecule has 1 aliphatic heterocycles. The smallest absolute Gasteiger partial charge is 0.409 e. The van der Waals surface area contributed by atoms with Gasteiger partial charge in [-0.05, 0) is 57.2 Å². The summed E-state index contributed by atoms with van der Waals surface area (Å²) in [6.07, 6.45) is 1.24. The van der Waals surface area contributed by atoms with E-state index in [2.05, 4.69) is 37.2 Å². The number of carbonyl (C=O) groups excluding carboxylic acids is 2. The summed E-state index contributed by atoms with van der Waals surface area (Å²) in [5.74, 6) is -0.251. The normalized spacial score (nSPS) is 18.4. The number of amides is 2. The van der Waals surface area contributed by atoms with Gasteiger partial charge in [-0.15, -0.1) is 0 Å². The number of nitrogens with one attached hydrogen (secondary N) is 1. The van der Waals surface area contributed by atoms with Crippen LogP contribution in [-0.4, -0.2) is 29.2 Å². The van der Waals surface area contributed by atoms with Crippen molar-refractivity contribution in [3.05, 3.63) is 62.7 Å². The van der Waals surface area contributed by atoms with Crippen molar-refractivity contribution in [2.75, 3.05) is 11.9 Å². The molecule has 0 unspecified atom stereocenters. The Balaban J connectivity index is 2.03. The van der Waals surface area contributed by atoms with Crippen molar-refractivity contribution in [3.8, 4) is 0 Å². The Morgan fingerprint density at radius 1 is 1.03 bits per heavy atom. The molecule has 2 heterocycles. The van der Waals surface area contributed by atoms with E-state index in [1.807, 2.05) is 54.2 Å². The Labute approximate surface area is 197 Å². The van der Waals surface area contributed by atoms with Gasteiger partial charge in [0.25, 0.3) is 5.91 Å². The molecular formula is C23H23Br2N3O3. The van der Waals surface area contributed by atoms with Crippen LogP contribution in [0.1, 0.15) is 31.9 Å². The predicted molar refractivity (Wildman–Crippen MR) is 128 cm³/mol. The van der Waals surface area contributed by atoms with Crippen molar-refractivity contribution < 1.29 is 14.3 Å². The van der Waals surface area contributed by atoms with Gasteiger partial charge < -0.3 is 14.2 Å². The highest BCUT2D eigenvalue weighted by Crippen LogP contribution is 2.47. The molecule has 31 heavy (non-hydrogen) atoms. The van der Waals surface area contributed by atoms with Gasteiger partial charge in [-0.2, -0.15) is 0 Å². The van der Waals surface area contributed by atoms with Crippen molar-refractivity contribution in [1.29, 1.82) is 0 Å². The molecule has 0 radical (unpaired) electrons. The number of fused-ring (bicyclic) bond motifs is 2. The molecule has 4 rings (SSSR count). The van der Waals surface area contributed by atoms with E-state index < -0.39 is 17.2 Å². The fourth-order valence-corrected chi connectivity index (χ4v) is 4.87. The van der Waals surface area contributed by atoms with E-state index in [0.29, 0.717) is 11.1 Å². The van der Waals surface area contributed by atoms with Gasteiger partial charge in [0, 0.05) is 57.0 Å². The van der Waals surface area contributed by atoms with Crippen LogP contribution < -0.4 is 10.2 Å². The van der Waals surface area contributed by atoms with Gasteiger partial charge in [-0.1, -0.05) is 31.9 Å². The third-order valence-corrected chi connectivity index (χ3v) is 6.38. The lowest BCUT2D eigenvalue weighted by atomic mass is 9.83. The van der Waals surface area contributed by atoms with E-state index in [0.717, 1.165) is 25.5 Å². The van der Waals surface area contributed by atoms with Crippen LogP contribution in [0.25, 0.3) is 10.9 Å². The minimum absolute atomic E-state index is 0.251. The third kappa shape index (κ3) is 3.55. The summed E-state index contributed by atoms with van der Waals surface area (Å²) in [5, 5.41) is 3.82. The summed E-state index contributed by atoms with van der Waals surface area (Å²) in [6, 6.07) is 11.5. The molecule has 0 bridgehead atoms. The summed E-state index contributed by atoms with van der Waals surface area (Å²) in [7, 11) is 3.64. The molecule has 2 aromatic carbocycles. The van der Waals surface area contributed by atoms with Gasteiger partial charge in [0.1, 0.15) is 5.60 Å². The first-order chi connectivity index (χ1) is 14.4. The maximum Gasteiger partial charge on any atom is 0.409 e. The second-order valence-corrected chi connectivity index (χ2v) is 10.5. The summed E-state index contributed by atoms with van der Waals surface area (Å²) in [4.78, 5) is 28.5. The molecule has 0 saturated carbocycles. The monoisotopic (exact) mass is 547 g/mol. The zero-order chi connectivity index (χ0) is 22.7. The van der Waals surface area contributed by atoms with Gasteiger partial charge in [0.15, 0.2) is 5.54 Å². The standard InChI is InChI=1S/C23H23Br2N3O3/c1-22(2,3)31-21(30)26-23(16-11-14(25)7-9-19(16)28(5)20(23)29)17-12-27(4)18-8-6-13(24)10-15(17)18/h6-12H,1-5H3,(H,26,30)/t23-/m1/s1. The number of aromatic nitrogens is 1. The van der Waals surface area contributed by atoms with Crippen LogP contribution >= 0.6 is 31.9 Å². The van der Waals surface area contributed by atoms with Crippen LogP contribution in [-0.2, 0) is 22.1 Å². The number of halogens is 2. The molecular weight excluding hydrogens is 526 g/mol. The minimum atomic E-state index is -1.43. The molecule has 0 saturated heterocycles. The van der Waals surface area contributed by atoms with Crippen molar-refractivity contribution in [3.63, 3.8) is 0 Å². The Hall–Kier alpha value is -2.32. The molecule has 0 fully saturated rings. The summed E-state index contributed by atoms with van der Waals surface area (Å²) < 4.78 is 9.22. The van der Waals surface area contributed by atoms with E-state index >= 15 is 0 Å². The number of benzene rings is 2. The van der Waals surface area contributed by atoms with Gasteiger partial charge in [-0.25, -0.2) is 4.79 Å².